The Morgan fingerprint density at radius 2 is 1.43 bits per heavy atom. The van der Waals surface area contributed by atoms with Crippen LogP contribution in [0.4, 0.5) is 0 Å². The highest BCUT2D eigenvalue weighted by Gasteiger charge is 2.12. The highest BCUT2D eigenvalue weighted by molar-refractivity contribution is 7.99. The lowest BCUT2D eigenvalue weighted by molar-refractivity contribution is -0.0174. The van der Waals surface area contributed by atoms with E-state index in [2.05, 4.69) is 44.4 Å². The van der Waals surface area contributed by atoms with E-state index >= 15 is 0 Å². The molecule has 0 aliphatic heterocycles. The molecule has 0 saturated carbocycles. The van der Waals surface area contributed by atoms with Gasteiger partial charge in [-0.3, -0.25) is 4.90 Å². The highest BCUT2D eigenvalue weighted by atomic mass is 32.2. The van der Waals surface area contributed by atoms with E-state index < -0.39 is 0 Å². The predicted molar refractivity (Wildman–Crippen MR) is 108 cm³/mol. The van der Waals surface area contributed by atoms with Gasteiger partial charge in [0.05, 0.1) is 12.8 Å². The van der Waals surface area contributed by atoms with Crippen LogP contribution in [0, 0.1) is 0 Å². The van der Waals surface area contributed by atoms with Crippen molar-refractivity contribution in [3.8, 4) is 0 Å². The van der Waals surface area contributed by atoms with Crippen LogP contribution in [0.15, 0.2) is 0 Å². The maximum atomic E-state index is 6.33. The van der Waals surface area contributed by atoms with E-state index in [1.54, 1.807) is 0 Å². The first kappa shape index (κ1) is 23.3. The smallest absolute Gasteiger partial charge is 0.0994 e. The minimum absolute atomic E-state index is 0.453. The van der Waals surface area contributed by atoms with Crippen molar-refractivity contribution in [3.63, 3.8) is 0 Å². The third kappa shape index (κ3) is 15.5. The number of hydrogen-bond donors (Lipinski definition) is 0. The fourth-order valence-corrected chi connectivity index (χ4v) is 3.57. The second kappa shape index (κ2) is 18.6. The van der Waals surface area contributed by atoms with Gasteiger partial charge in [0.15, 0.2) is 0 Å². The Morgan fingerprint density at radius 1 is 0.783 bits per heavy atom. The van der Waals surface area contributed by atoms with Crippen LogP contribution in [-0.2, 0) is 4.74 Å². The maximum absolute atomic E-state index is 6.33. The van der Waals surface area contributed by atoms with Gasteiger partial charge in [-0.25, -0.2) is 0 Å². The van der Waals surface area contributed by atoms with Crippen molar-refractivity contribution in [2.75, 3.05) is 31.3 Å². The largest absolute Gasteiger partial charge is 0.362 e. The van der Waals surface area contributed by atoms with Gasteiger partial charge in [0.2, 0.25) is 0 Å². The standard InChI is InChI=1S/C20H43NOS/c1-5-9-12-13-14-20(18-23-17-8-4)22-19-21(15-10-6-2)16-11-7-3/h20H,5-19H2,1-4H3. The van der Waals surface area contributed by atoms with E-state index in [4.69, 9.17) is 4.74 Å². The van der Waals surface area contributed by atoms with Crippen molar-refractivity contribution in [3.05, 3.63) is 0 Å². The van der Waals surface area contributed by atoms with Crippen molar-refractivity contribution in [2.45, 2.75) is 98.0 Å². The summed E-state index contributed by atoms with van der Waals surface area (Å²) >= 11 is 2.07. The molecule has 0 bridgehead atoms. The SMILES string of the molecule is CCCCCCC(CSCCC)OCN(CCCC)CCCC. The number of ether oxygens (including phenoxy) is 1. The molecule has 0 N–H and O–H groups in total. The third-order valence-corrected chi connectivity index (χ3v) is 5.48. The zero-order chi connectivity index (χ0) is 17.2. The molecule has 0 aliphatic carbocycles. The number of unbranched alkanes of at least 4 members (excludes halogenated alkanes) is 5. The van der Waals surface area contributed by atoms with Gasteiger partial charge in [-0.2, -0.15) is 11.8 Å². The zero-order valence-corrected chi connectivity index (χ0v) is 17.3. The summed E-state index contributed by atoms with van der Waals surface area (Å²) in [5.74, 6) is 2.44. The van der Waals surface area contributed by atoms with Gasteiger partial charge in [0, 0.05) is 18.8 Å². The first-order valence-electron chi connectivity index (χ1n) is 10.2. The van der Waals surface area contributed by atoms with E-state index in [-0.39, 0.29) is 0 Å². The summed E-state index contributed by atoms with van der Waals surface area (Å²) in [5.41, 5.74) is 0. The Labute approximate surface area is 151 Å². The third-order valence-electron chi connectivity index (χ3n) is 4.18. The number of hydrogen-bond acceptors (Lipinski definition) is 3. The fraction of sp³-hybridized carbons (Fsp3) is 1.00. The van der Waals surface area contributed by atoms with E-state index in [1.807, 2.05) is 0 Å². The Bertz CT molecular complexity index is 218. The molecule has 0 amide bonds. The molecule has 1 unspecified atom stereocenters. The lowest BCUT2D eigenvalue weighted by atomic mass is 10.1. The van der Waals surface area contributed by atoms with E-state index in [0.717, 1.165) is 6.73 Å². The average Bonchev–Trinajstić information content (AvgIpc) is 2.57. The van der Waals surface area contributed by atoms with Crippen LogP contribution in [0.2, 0.25) is 0 Å². The molecule has 0 saturated heterocycles. The van der Waals surface area contributed by atoms with Gasteiger partial charge in [0.25, 0.3) is 0 Å². The molecule has 140 valence electrons. The number of rotatable bonds is 18. The molecule has 0 heterocycles. The Balaban J connectivity index is 4.15. The number of nitrogens with zero attached hydrogens (tertiary/aromatic N) is 1. The topological polar surface area (TPSA) is 12.5 Å². The van der Waals surface area contributed by atoms with Crippen molar-refractivity contribution in [1.29, 1.82) is 0 Å². The van der Waals surface area contributed by atoms with Gasteiger partial charge in [-0.1, -0.05) is 66.2 Å². The van der Waals surface area contributed by atoms with Gasteiger partial charge < -0.3 is 4.74 Å². The van der Waals surface area contributed by atoms with E-state index in [9.17, 15) is 0 Å². The first-order valence-corrected chi connectivity index (χ1v) is 11.4. The highest BCUT2D eigenvalue weighted by Crippen LogP contribution is 2.15. The summed E-state index contributed by atoms with van der Waals surface area (Å²) < 4.78 is 6.33. The Hall–Kier alpha value is 0.270. The molecule has 0 fully saturated rings. The Morgan fingerprint density at radius 3 is 2.00 bits per heavy atom. The summed E-state index contributed by atoms with van der Waals surface area (Å²) in [4.78, 5) is 2.52. The molecule has 0 spiro atoms. The second-order valence-electron chi connectivity index (χ2n) is 6.67. The maximum Gasteiger partial charge on any atom is 0.0994 e. The lowest BCUT2D eigenvalue weighted by Crippen LogP contribution is -2.32. The minimum Gasteiger partial charge on any atom is -0.362 e. The molecule has 1 atom stereocenters. The van der Waals surface area contributed by atoms with E-state index in [0.29, 0.717) is 6.10 Å². The lowest BCUT2D eigenvalue weighted by Gasteiger charge is -2.25. The van der Waals surface area contributed by atoms with Gasteiger partial charge in [0.1, 0.15) is 0 Å². The Kier molecular flexibility index (Phi) is 18.8. The molecule has 0 aliphatic rings. The molecular weight excluding hydrogens is 302 g/mol. The molecule has 0 aromatic rings. The summed E-state index contributed by atoms with van der Waals surface area (Å²) in [5, 5.41) is 0. The summed E-state index contributed by atoms with van der Waals surface area (Å²) in [6, 6.07) is 0. The summed E-state index contributed by atoms with van der Waals surface area (Å²) in [7, 11) is 0. The van der Waals surface area contributed by atoms with E-state index in [1.165, 1.54) is 88.8 Å². The molecule has 2 nitrogen and oxygen atoms in total. The van der Waals surface area contributed by atoms with Crippen molar-refractivity contribution in [1.82, 2.24) is 4.90 Å². The predicted octanol–water partition coefficient (Wildman–Crippen LogP) is 6.34. The van der Waals surface area contributed by atoms with Crippen LogP contribution in [0.3, 0.4) is 0 Å². The van der Waals surface area contributed by atoms with Crippen LogP contribution in [-0.4, -0.2) is 42.3 Å². The molecule has 0 aromatic carbocycles. The monoisotopic (exact) mass is 345 g/mol. The summed E-state index contributed by atoms with van der Waals surface area (Å²) in [6.07, 6.45) is 13.5. The minimum atomic E-state index is 0.453. The van der Waals surface area contributed by atoms with Gasteiger partial charge >= 0.3 is 0 Å². The van der Waals surface area contributed by atoms with Gasteiger partial charge in [-0.05, 0) is 31.4 Å². The van der Waals surface area contributed by atoms with Crippen molar-refractivity contribution < 1.29 is 4.74 Å². The molecular formula is C20H43NOS. The molecule has 23 heavy (non-hydrogen) atoms. The summed E-state index contributed by atoms with van der Waals surface area (Å²) in [6.45, 7) is 12.3. The number of thioether (sulfide) groups is 1. The van der Waals surface area contributed by atoms with Crippen LogP contribution >= 0.6 is 11.8 Å². The van der Waals surface area contributed by atoms with Crippen molar-refractivity contribution >= 4 is 11.8 Å². The molecule has 0 rings (SSSR count). The van der Waals surface area contributed by atoms with Crippen LogP contribution < -0.4 is 0 Å². The first-order chi connectivity index (χ1) is 11.3. The molecule has 0 radical (unpaired) electrons. The molecule has 0 aromatic heterocycles. The van der Waals surface area contributed by atoms with Crippen LogP contribution in [0.1, 0.15) is 91.9 Å². The zero-order valence-electron chi connectivity index (χ0n) is 16.4. The molecule has 3 heteroatoms. The normalized spacial score (nSPS) is 12.9. The van der Waals surface area contributed by atoms with Crippen LogP contribution in [0.25, 0.3) is 0 Å². The van der Waals surface area contributed by atoms with Gasteiger partial charge in [-0.15, -0.1) is 0 Å². The van der Waals surface area contributed by atoms with Crippen molar-refractivity contribution in [2.24, 2.45) is 0 Å². The quantitative estimate of drug-likeness (QED) is 0.212. The van der Waals surface area contributed by atoms with Crippen LogP contribution in [0.5, 0.6) is 0 Å². The fourth-order valence-electron chi connectivity index (χ4n) is 2.59. The second-order valence-corrected chi connectivity index (χ2v) is 7.82. The average molecular weight is 346 g/mol.